The van der Waals surface area contributed by atoms with E-state index < -0.39 is 25.4 Å². The Balaban J connectivity index is 2.28. The summed E-state index contributed by atoms with van der Waals surface area (Å²) in [7, 11) is -6.94. The first-order valence-electron chi connectivity index (χ1n) is 5.62. The van der Waals surface area contributed by atoms with Crippen molar-refractivity contribution in [3.8, 4) is 0 Å². The van der Waals surface area contributed by atoms with Gasteiger partial charge in [0.25, 0.3) is 0 Å². The minimum absolute atomic E-state index is 0.00155. The van der Waals surface area contributed by atoms with Gasteiger partial charge in [-0.05, 0) is 31.5 Å². The van der Waals surface area contributed by atoms with E-state index in [1.54, 1.807) is 13.0 Å². The Kier molecular flexibility index (Phi) is 3.68. The lowest BCUT2D eigenvalue weighted by Crippen LogP contribution is -2.46. The van der Waals surface area contributed by atoms with E-state index in [1.807, 2.05) is 0 Å². The van der Waals surface area contributed by atoms with E-state index in [4.69, 9.17) is 11.6 Å². The average molecular weight is 324 g/mol. The summed E-state index contributed by atoms with van der Waals surface area (Å²) in [6.07, 6.45) is 0.273. The SMILES string of the molecule is CC1(NS(=O)(=O)c2cccc(Cl)c2)CCS(=O)(=O)C1. The Morgan fingerprint density at radius 2 is 2.05 bits per heavy atom. The first-order chi connectivity index (χ1) is 8.62. The van der Waals surface area contributed by atoms with Crippen LogP contribution in [0.3, 0.4) is 0 Å². The molecule has 0 amide bonds. The molecule has 1 N–H and O–H groups in total. The Morgan fingerprint density at radius 3 is 2.58 bits per heavy atom. The first kappa shape index (κ1) is 14.8. The quantitative estimate of drug-likeness (QED) is 0.906. The Labute approximate surface area is 117 Å². The van der Waals surface area contributed by atoms with E-state index in [9.17, 15) is 16.8 Å². The second-order valence-corrected chi connectivity index (χ2v) is 9.27. The van der Waals surface area contributed by atoms with Crippen LogP contribution in [0.25, 0.3) is 0 Å². The van der Waals surface area contributed by atoms with E-state index in [2.05, 4.69) is 4.72 Å². The van der Waals surface area contributed by atoms with Crippen molar-refractivity contribution in [1.29, 1.82) is 0 Å². The van der Waals surface area contributed by atoms with Gasteiger partial charge >= 0.3 is 0 Å². The van der Waals surface area contributed by atoms with Gasteiger partial charge in [0.05, 0.1) is 16.4 Å². The molecule has 106 valence electrons. The predicted molar refractivity (Wildman–Crippen MR) is 73.4 cm³/mol. The molecule has 1 atom stereocenters. The molecule has 8 heteroatoms. The molecule has 0 aromatic heterocycles. The molecule has 19 heavy (non-hydrogen) atoms. The van der Waals surface area contributed by atoms with E-state index in [1.165, 1.54) is 18.2 Å². The molecule has 1 fully saturated rings. The molecule has 1 aliphatic rings. The average Bonchev–Trinajstić information content (AvgIpc) is 2.51. The van der Waals surface area contributed by atoms with Crippen LogP contribution in [0, 0.1) is 0 Å². The lowest BCUT2D eigenvalue weighted by atomic mass is 10.0. The van der Waals surface area contributed by atoms with Gasteiger partial charge in [-0.1, -0.05) is 17.7 Å². The summed E-state index contributed by atoms with van der Waals surface area (Å²) in [6.45, 7) is 1.60. The summed E-state index contributed by atoms with van der Waals surface area (Å²) in [6, 6.07) is 5.85. The second-order valence-electron chi connectivity index (χ2n) is 4.97. The molecule has 1 saturated heterocycles. The summed E-state index contributed by atoms with van der Waals surface area (Å²) >= 11 is 5.76. The summed E-state index contributed by atoms with van der Waals surface area (Å²) in [5.74, 6) is -0.179. The number of hydrogen-bond donors (Lipinski definition) is 1. The van der Waals surface area contributed by atoms with E-state index in [-0.39, 0.29) is 22.8 Å². The van der Waals surface area contributed by atoms with Gasteiger partial charge in [0.2, 0.25) is 10.0 Å². The lowest BCUT2D eigenvalue weighted by Gasteiger charge is -2.23. The monoisotopic (exact) mass is 323 g/mol. The number of nitrogens with one attached hydrogen (secondary N) is 1. The maximum absolute atomic E-state index is 12.2. The normalized spacial score (nSPS) is 26.4. The fourth-order valence-corrected chi connectivity index (χ4v) is 6.03. The molecule has 0 saturated carbocycles. The number of halogens is 1. The standard InChI is InChI=1S/C11H14ClNO4S2/c1-11(5-6-18(14,15)8-11)13-19(16,17)10-4-2-3-9(12)7-10/h2-4,7,13H,5-6,8H2,1H3. The van der Waals surface area contributed by atoms with Gasteiger partial charge in [-0.3, -0.25) is 0 Å². The molecule has 0 radical (unpaired) electrons. The van der Waals surface area contributed by atoms with Gasteiger partial charge < -0.3 is 0 Å². The number of sulfone groups is 1. The van der Waals surface area contributed by atoms with Crippen LogP contribution in [0.2, 0.25) is 5.02 Å². The van der Waals surface area contributed by atoms with Crippen molar-refractivity contribution < 1.29 is 16.8 Å². The van der Waals surface area contributed by atoms with E-state index in [0.29, 0.717) is 5.02 Å². The van der Waals surface area contributed by atoms with Gasteiger partial charge in [-0.25, -0.2) is 21.6 Å². The fraction of sp³-hybridized carbons (Fsp3) is 0.455. The van der Waals surface area contributed by atoms with Crippen LogP contribution in [0.5, 0.6) is 0 Å². The minimum atomic E-state index is -3.77. The number of hydrogen-bond acceptors (Lipinski definition) is 4. The summed E-state index contributed by atoms with van der Waals surface area (Å²) < 4.78 is 49.8. The van der Waals surface area contributed by atoms with Crippen LogP contribution in [0.15, 0.2) is 29.2 Å². The number of sulfonamides is 1. The maximum atomic E-state index is 12.2. The number of rotatable bonds is 3. The maximum Gasteiger partial charge on any atom is 0.241 e. The molecule has 5 nitrogen and oxygen atoms in total. The largest absolute Gasteiger partial charge is 0.241 e. The topological polar surface area (TPSA) is 80.3 Å². The molecule has 0 aliphatic carbocycles. The molecule has 1 unspecified atom stereocenters. The zero-order chi connectivity index (χ0) is 14.3. The van der Waals surface area contributed by atoms with E-state index in [0.717, 1.165) is 0 Å². The molecule has 0 bridgehead atoms. The third-order valence-corrected chi connectivity index (χ3v) is 6.76. The van der Waals surface area contributed by atoms with Crippen molar-refractivity contribution in [2.75, 3.05) is 11.5 Å². The van der Waals surface area contributed by atoms with Gasteiger partial charge in [0.1, 0.15) is 0 Å². The van der Waals surface area contributed by atoms with Gasteiger partial charge in [-0.15, -0.1) is 0 Å². The van der Waals surface area contributed by atoms with Crippen LogP contribution in [0.1, 0.15) is 13.3 Å². The molecule has 1 aliphatic heterocycles. The van der Waals surface area contributed by atoms with Crippen molar-refractivity contribution >= 4 is 31.5 Å². The lowest BCUT2D eigenvalue weighted by molar-refractivity contribution is 0.462. The number of benzene rings is 1. The van der Waals surface area contributed by atoms with Crippen molar-refractivity contribution in [3.05, 3.63) is 29.3 Å². The second kappa shape index (κ2) is 4.73. The molecular weight excluding hydrogens is 310 g/mol. The van der Waals surface area contributed by atoms with Crippen LogP contribution in [0.4, 0.5) is 0 Å². The van der Waals surface area contributed by atoms with Crippen LogP contribution in [-0.2, 0) is 19.9 Å². The third-order valence-electron chi connectivity index (χ3n) is 2.99. The molecule has 1 aromatic carbocycles. The van der Waals surface area contributed by atoms with Crippen molar-refractivity contribution in [2.24, 2.45) is 0 Å². The highest BCUT2D eigenvalue weighted by Gasteiger charge is 2.41. The van der Waals surface area contributed by atoms with Crippen LogP contribution < -0.4 is 4.72 Å². The Morgan fingerprint density at radius 1 is 1.37 bits per heavy atom. The Bertz CT molecular complexity index is 699. The van der Waals surface area contributed by atoms with Gasteiger partial charge in [0.15, 0.2) is 9.84 Å². The molecule has 2 rings (SSSR count). The Hall–Kier alpha value is -0.630. The first-order valence-corrected chi connectivity index (χ1v) is 9.30. The summed E-state index contributed by atoms with van der Waals surface area (Å²) in [4.78, 5) is 0.0329. The van der Waals surface area contributed by atoms with Crippen LogP contribution in [-0.4, -0.2) is 33.9 Å². The van der Waals surface area contributed by atoms with Crippen LogP contribution >= 0.6 is 11.6 Å². The highest BCUT2D eigenvalue weighted by Crippen LogP contribution is 2.25. The van der Waals surface area contributed by atoms with Gasteiger partial charge in [-0.2, -0.15) is 0 Å². The van der Waals surface area contributed by atoms with Gasteiger partial charge in [0, 0.05) is 10.6 Å². The van der Waals surface area contributed by atoms with Crippen molar-refractivity contribution in [1.82, 2.24) is 4.72 Å². The summed E-state index contributed by atoms with van der Waals surface area (Å²) in [5.41, 5.74) is -0.958. The molecular formula is C11H14ClNO4S2. The predicted octanol–water partition coefficient (Wildman–Crippen LogP) is 1.20. The zero-order valence-electron chi connectivity index (χ0n) is 10.3. The molecule has 1 aromatic rings. The van der Waals surface area contributed by atoms with Crippen molar-refractivity contribution in [2.45, 2.75) is 23.8 Å². The smallest absolute Gasteiger partial charge is 0.229 e. The van der Waals surface area contributed by atoms with E-state index >= 15 is 0 Å². The minimum Gasteiger partial charge on any atom is -0.229 e. The molecule has 1 heterocycles. The highest BCUT2D eigenvalue weighted by atomic mass is 35.5. The third kappa shape index (κ3) is 3.47. The molecule has 0 spiro atoms. The fourth-order valence-electron chi connectivity index (χ4n) is 2.11. The zero-order valence-corrected chi connectivity index (χ0v) is 12.6. The van der Waals surface area contributed by atoms with Crippen molar-refractivity contribution in [3.63, 3.8) is 0 Å². The highest BCUT2D eigenvalue weighted by molar-refractivity contribution is 7.92. The summed E-state index contributed by atoms with van der Waals surface area (Å²) in [5, 5.41) is 0.312.